The van der Waals surface area contributed by atoms with Crippen LogP contribution in [0.1, 0.15) is 10.4 Å². The number of carboxylic acid groups (broad SMARTS) is 1. The molecule has 0 atom stereocenters. The van der Waals surface area contributed by atoms with Crippen LogP contribution in [0.5, 0.6) is 0 Å². The number of aromatic carboxylic acids is 1. The van der Waals surface area contributed by atoms with Gasteiger partial charge in [0.2, 0.25) is 0 Å². The molecule has 0 bridgehead atoms. The summed E-state index contributed by atoms with van der Waals surface area (Å²) in [7, 11) is 0. The second kappa shape index (κ2) is 4.34. The maximum absolute atomic E-state index is 11.6. The van der Waals surface area contributed by atoms with Crippen molar-refractivity contribution in [2.24, 2.45) is 0 Å². The molecule has 17 heavy (non-hydrogen) atoms. The van der Waals surface area contributed by atoms with Crippen molar-refractivity contribution in [3.05, 3.63) is 51.0 Å². The number of nitrogens with one attached hydrogen (secondary N) is 2. The monoisotopic (exact) mass is 248 g/mol. The second-order valence-corrected chi connectivity index (χ2v) is 3.74. The summed E-state index contributed by atoms with van der Waals surface area (Å²) in [5.74, 6) is -1.30. The van der Waals surface area contributed by atoms with Crippen LogP contribution in [0, 0.1) is 4.77 Å². The quantitative estimate of drug-likeness (QED) is 0.707. The Morgan fingerprint density at radius 1 is 1.18 bits per heavy atom. The number of aromatic nitrogens is 2. The molecule has 0 amide bonds. The third-order valence-corrected chi connectivity index (χ3v) is 2.42. The molecule has 2 rings (SSSR count). The van der Waals surface area contributed by atoms with E-state index in [9.17, 15) is 9.59 Å². The van der Waals surface area contributed by atoms with Crippen LogP contribution in [0.25, 0.3) is 11.3 Å². The third kappa shape index (κ3) is 2.16. The van der Waals surface area contributed by atoms with Gasteiger partial charge < -0.3 is 10.1 Å². The maximum Gasteiger partial charge on any atom is 0.343 e. The molecule has 86 valence electrons. The molecule has 1 aromatic carbocycles. The van der Waals surface area contributed by atoms with Crippen molar-refractivity contribution >= 4 is 18.2 Å². The van der Waals surface area contributed by atoms with E-state index in [4.69, 9.17) is 17.3 Å². The van der Waals surface area contributed by atoms with Gasteiger partial charge in [-0.25, -0.2) is 4.79 Å². The molecular formula is C11H8N2O3S. The van der Waals surface area contributed by atoms with Gasteiger partial charge >= 0.3 is 5.97 Å². The lowest BCUT2D eigenvalue weighted by molar-refractivity contribution is 0.0695. The minimum atomic E-state index is -1.30. The maximum atomic E-state index is 11.6. The Morgan fingerprint density at radius 2 is 1.82 bits per heavy atom. The summed E-state index contributed by atoms with van der Waals surface area (Å²) >= 11 is 4.83. The molecule has 5 nitrogen and oxygen atoms in total. The summed E-state index contributed by atoms with van der Waals surface area (Å²) in [5, 5.41) is 9.02. The van der Waals surface area contributed by atoms with Crippen molar-refractivity contribution in [2.45, 2.75) is 0 Å². The molecule has 0 spiro atoms. The molecule has 2 aromatic rings. The standard InChI is InChI=1S/C11H8N2O3S/c14-9-7(10(15)16)8(12-11(17)13-9)6-4-2-1-3-5-6/h1-5H,(H,15,16)(H2,12,13,14,17). The SMILES string of the molecule is O=C(O)c1c(-c2ccccc2)[nH]c(=S)[nH]c1=O. The Morgan fingerprint density at radius 3 is 2.41 bits per heavy atom. The summed E-state index contributed by atoms with van der Waals surface area (Å²) in [6.07, 6.45) is 0. The zero-order valence-corrected chi connectivity index (χ0v) is 9.38. The Bertz CT molecular complexity index is 673. The number of rotatable bonds is 2. The van der Waals surface area contributed by atoms with Crippen LogP contribution in [0.2, 0.25) is 0 Å². The zero-order valence-electron chi connectivity index (χ0n) is 8.56. The van der Waals surface area contributed by atoms with Gasteiger partial charge in [0, 0.05) is 0 Å². The van der Waals surface area contributed by atoms with Gasteiger partial charge in [0.15, 0.2) is 4.77 Å². The number of aromatic amines is 2. The van der Waals surface area contributed by atoms with Crippen LogP contribution in [0.4, 0.5) is 0 Å². The van der Waals surface area contributed by atoms with Gasteiger partial charge in [-0.3, -0.25) is 9.78 Å². The van der Waals surface area contributed by atoms with Crippen LogP contribution in [-0.2, 0) is 0 Å². The van der Waals surface area contributed by atoms with Crippen LogP contribution < -0.4 is 5.56 Å². The first-order valence-electron chi connectivity index (χ1n) is 4.75. The summed E-state index contributed by atoms with van der Waals surface area (Å²) < 4.78 is 0.0962. The molecule has 0 aliphatic carbocycles. The fraction of sp³-hybridized carbons (Fsp3) is 0. The van der Waals surface area contributed by atoms with Crippen LogP contribution in [0.3, 0.4) is 0 Å². The van der Waals surface area contributed by atoms with E-state index in [1.165, 1.54) is 0 Å². The van der Waals surface area contributed by atoms with Crippen LogP contribution >= 0.6 is 12.2 Å². The number of H-pyrrole nitrogens is 2. The van der Waals surface area contributed by atoms with Crippen molar-refractivity contribution in [3.63, 3.8) is 0 Å². The Kier molecular flexibility index (Phi) is 2.88. The fourth-order valence-corrected chi connectivity index (χ4v) is 1.71. The van der Waals surface area contributed by atoms with Crippen LogP contribution in [0.15, 0.2) is 35.1 Å². The smallest absolute Gasteiger partial charge is 0.343 e. The van der Waals surface area contributed by atoms with Crippen molar-refractivity contribution in [1.82, 2.24) is 9.97 Å². The van der Waals surface area contributed by atoms with E-state index < -0.39 is 11.5 Å². The molecule has 1 aromatic heterocycles. The minimum Gasteiger partial charge on any atom is -0.477 e. The largest absolute Gasteiger partial charge is 0.477 e. The lowest BCUT2D eigenvalue weighted by Gasteiger charge is -2.05. The minimum absolute atomic E-state index is 0.0962. The van der Waals surface area contributed by atoms with Gasteiger partial charge in [-0.1, -0.05) is 30.3 Å². The fourth-order valence-electron chi connectivity index (χ4n) is 1.51. The molecule has 0 fully saturated rings. The molecule has 0 aliphatic heterocycles. The van der Waals surface area contributed by atoms with E-state index in [1.54, 1.807) is 30.3 Å². The molecule has 1 heterocycles. The highest BCUT2D eigenvalue weighted by Gasteiger charge is 2.16. The number of carbonyl (C=O) groups is 1. The molecule has 6 heteroatoms. The van der Waals surface area contributed by atoms with Gasteiger partial charge in [-0.2, -0.15) is 0 Å². The van der Waals surface area contributed by atoms with Crippen LogP contribution in [-0.4, -0.2) is 21.0 Å². The average Bonchev–Trinajstić information content (AvgIpc) is 2.28. The summed E-state index contributed by atoms with van der Waals surface area (Å²) in [5.41, 5.74) is -0.237. The third-order valence-electron chi connectivity index (χ3n) is 2.22. The number of benzene rings is 1. The van der Waals surface area contributed by atoms with Crippen molar-refractivity contribution < 1.29 is 9.90 Å². The van der Waals surface area contributed by atoms with Gasteiger partial charge in [0.1, 0.15) is 5.56 Å². The van der Waals surface area contributed by atoms with Crippen molar-refractivity contribution in [1.29, 1.82) is 0 Å². The molecule has 0 aliphatic rings. The second-order valence-electron chi connectivity index (χ2n) is 3.33. The predicted molar refractivity (Wildman–Crippen MR) is 64.6 cm³/mol. The van der Waals surface area contributed by atoms with E-state index in [-0.39, 0.29) is 16.0 Å². The van der Waals surface area contributed by atoms with Crippen molar-refractivity contribution in [2.75, 3.05) is 0 Å². The lowest BCUT2D eigenvalue weighted by Crippen LogP contribution is -2.20. The first-order chi connectivity index (χ1) is 8.09. The highest BCUT2D eigenvalue weighted by molar-refractivity contribution is 7.71. The highest BCUT2D eigenvalue weighted by atomic mass is 32.1. The highest BCUT2D eigenvalue weighted by Crippen LogP contribution is 2.18. The molecule has 0 saturated carbocycles. The summed E-state index contributed by atoms with van der Waals surface area (Å²) in [6.45, 7) is 0. The zero-order chi connectivity index (χ0) is 12.4. The molecule has 0 radical (unpaired) electrons. The van der Waals surface area contributed by atoms with E-state index in [0.29, 0.717) is 5.56 Å². The van der Waals surface area contributed by atoms with Gasteiger partial charge in [0.25, 0.3) is 5.56 Å². The molecule has 3 N–H and O–H groups in total. The van der Waals surface area contributed by atoms with E-state index in [2.05, 4.69) is 9.97 Å². The molecule has 0 unspecified atom stereocenters. The number of carboxylic acids is 1. The number of hydrogen-bond acceptors (Lipinski definition) is 3. The van der Waals surface area contributed by atoms with Gasteiger partial charge in [-0.15, -0.1) is 0 Å². The van der Waals surface area contributed by atoms with Crippen molar-refractivity contribution in [3.8, 4) is 11.3 Å². The van der Waals surface area contributed by atoms with Gasteiger partial charge in [0.05, 0.1) is 5.69 Å². The Balaban J connectivity index is 2.82. The molecular weight excluding hydrogens is 240 g/mol. The summed E-state index contributed by atoms with van der Waals surface area (Å²) in [6, 6.07) is 8.70. The van der Waals surface area contributed by atoms with E-state index in [1.807, 2.05) is 0 Å². The predicted octanol–water partition coefficient (Wildman–Crippen LogP) is 1.80. The molecule has 0 saturated heterocycles. The number of hydrogen-bond donors (Lipinski definition) is 3. The first kappa shape index (κ1) is 11.3. The lowest BCUT2D eigenvalue weighted by atomic mass is 10.1. The van der Waals surface area contributed by atoms with E-state index in [0.717, 1.165) is 0 Å². The summed E-state index contributed by atoms with van der Waals surface area (Å²) in [4.78, 5) is 27.6. The normalized spacial score (nSPS) is 10.1. The average molecular weight is 248 g/mol. The van der Waals surface area contributed by atoms with E-state index >= 15 is 0 Å². The Labute approximate surface area is 101 Å². The Hall–Kier alpha value is -2.21. The topological polar surface area (TPSA) is 85.9 Å². The first-order valence-corrected chi connectivity index (χ1v) is 5.15. The van der Waals surface area contributed by atoms with Gasteiger partial charge in [-0.05, 0) is 17.8 Å².